The predicted molar refractivity (Wildman–Crippen MR) is 59.7 cm³/mol. The summed E-state index contributed by atoms with van der Waals surface area (Å²) in [5.74, 6) is 1.42. The molecule has 1 aromatic heterocycles. The van der Waals surface area contributed by atoms with E-state index in [1.807, 2.05) is 19.9 Å². The summed E-state index contributed by atoms with van der Waals surface area (Å²) >= 11 is 0. The Hall–Kier alpha value is -1.29. The van der Waals surface area contributed by atoms with Crippen LogP contribution in [0.15, 0.2) is 16.5 Å². The van der Waals surface area contributed by atoms with Crippen LogP contribution in [0.2, 0.25) is 0 Å². The lowest BCUT2D eigenvalue weighted by Gasteiger charge is -2.14. The summed E-state index contributed by atoms with van der Waals surface area (Å²) in [7, 11) is 1.71. The number of anilines is 1. The Labute approximate surface area is 90.0 Å². The number of amides is 1. The number of aryl methyl sites for hydroxylation is 1. The van der Waals surface area contributed by atoms with E-state index in [9.17, 15) is 4.79 Å². The standard InChI is InChI=1S/C11H18N2O2/c1-8(12)4-6-10(14)13(3)11-7-5-9(2)15-11/h5,7-8H,4,6,12H2,1-3H3. The van der Waals surface area contributed by atoms with Crippen molar-refractivity contribution in [1.82, 2.24) is 0 Å². The molecule has 1 aromatic rings. The van der Waals surface area contributed by atoms with Crippen LogP contribution in [0.5, 0.6) is 0 Å². The lowest BCUT2D eigenvalue weighted by atomic mass is 10.2. The smallest absolute Gasteiger partial charge is 0.229 e. The van der Waals surface area contributed by atoms with E-state index in [0.717, 1.165) is 5.76 Å². The second-order valence-electron chi connectivity index (χ2n) is 3.85. The Morgan fingerprint density at radius 2 is 2.27 bits per heavy atom. The average Bonchev–Trinajstić information content (AvgIpc) is 2.60. The molecule has 84 valence electrons. The summed E-state index contributed by atoms with van der Waals surface area (Å²) in [6, 6.07) is 3.68. The van der Waals surface area contributed by atoms with E-state index in [1.54, 1.807) is 13.1 Å². The molecule has 0 aliphatic heterocycles. The fourth-order valence-electron chi connectivity index (χ4n) is 1.24. The minimum atomic E-state index is 0.0293. The zero-order valence-electron chi connectivity index (χ0n) is 9.49. The Morgan fingerprint density at radius 3 is 2.73 bits per heavy atom. The van der Waals surface area contributed by atoms with E-state index < -0.39 is 0 Å². The molecule has 4 nitrogen and oxygen atoms in total. The second kappa shape index (κ2) is 4.98. The van der Waals surface area contributed by atoms with E-state index in [2.05, 4.69) is 0 Å². The molecular weight excluding hydrogens is 192 g/mol. The minimum absolute atomic E-state index is 0.0293. The SMILES string of the molecule is Cc1ccc(N(C)C(=O)CCC(C)N)o1. The van der Waals surface area contributed by atoms with Gasteiger partial charge in [-0.3, -0.25) is 9.69 Å². The van der Waals surface area contributed by atoms with E-state index in [4.69, 9.17) is 10.2 Å². The van der Waals surface area contributed by atoms with Crippen LogP contribution in [0.4, 0.5) is 5.88 Å². The molecular formula is C11H18N2O2. The maximum absolute atomic E-state index is 11.7. The molecule has 1 unspecified atom stereocenters. The largest absolute Gasteiger partial charge is 0.445 e. The third-order valence-electron chi connectivity index (χ3n) is 2.24. The Bertz CT molecular complexity index is 331. The number of hydrogen-bond donors (Lipinski definition) is 1. The van der Waals surface area contributed by atoms with Crippen molar-refractivity contribution in [2.24, 2.45) is 5.73 Å². The number of carbonyl (C=O) groups is 1. The summed E-state index contributed by atoms with van der Waals surface area (Å²) in [4.78, 5) is 13.2. The van der Waals surface area contributed by atoms with Crippen LogP contribution in [0, 0.1) is 6.92 Å². The van der Waals surface area contributed by atoms with E-state index in [-0.39, 0.29) is 11.9 Å². The summed E-state index contributed by atoms with van der Waals surface area (Å²) in [5.41, 5.74) is 5.59. The van der Waals surface area contributed by atoms with Crippen molar-refractivity contribution in [3.05, 3.63) is 17.9 Å². The number of furan rings is 1. The van der Waals surface area contributed by atoms with Gasteiger partial charge in [0.05, 0.1) is 0 Å². The zero-order chi connectivity index (χ0) is 11.4. The van der Waals surface area contributed by atoms with Crippen molar-refractivity contribution in [2.45, 2.75) is 32.7 Å². The molecule has 0 spiro atoms. The van der Waals surface area contributed by atoms with Crippen molar-refractivity contribution < 1.29 is 9.21 Å². The fraction of sp³-hybridized carbons (Fsp3) is 0.545. The Balaban J connectivity index is 2.53. The van der Waals surface area contributed by atoms with Gasteiger partial charge in [-0.25, -0.2) is 0 Å². The van der Waals surface area contributed by atoms with Gasteiger partial charge in [0.1, 0.15) is 5.76 Å². The first-order valence-corrected chi connectivity index (χ1v) is 5.09. The molecule has 0 aromatic carbocycles. The quantitative estimate of drug-likeness (QED) is 0.822. The third kappa shape index (κ3) is 3.40. The highest BCUT2D eigenvalue weighted by Gasteiger charge is 2.13. The molecule has 2 N–H and O–H groups in total. The van der Waals surface area contributed by atoms with E-state index in [1.165, 1.54) is 4.90 Å². The number of rotatable bonds is 4. The summed E-state index contributed by atoms with van der Waals surface area (Å²) in [6.07, 6.45) is 1.15. The zero-order valence-corrected chi connectivity index (χ0v) is 9.49. The monoisotopic (exact) mass is 210 g/mol. The molecule has 1 atom stereocenters. The van der Waals surface area contributed by atoms with Crippen LogP contribution >= 0.6 is 0 Å². The summed E-state index contributed by atoms with van der Waals surface area (Å²) < 4.78 is 5.35. The number of nitrogens with zero attached hydrogens (tertiary/aromatic N) is 1. The van der Waals surface area contributed by atoms with Gasteiger partial charge in [-0.2, -0.15) is 0 Å². The molecule has 1 heterocycles. The van der Waals surface area contributed by atoms with Gasteiger partial charge in [-0.1, -0.05) is 0 Å². The second-order valence-corrected chi connectivity index (χ2v) is 3.85. The van der Waals surface area contributed by atoms with Gasteiger partial charge in [-0.05, 0) is 26.3 Å². The summed E-state index contributed by atoms with van der Waals surface area (Å²) in [5, 5.41) is 0. The molecule has 0 fully saturated rings. The highest BCUT2D eigenvalue weighted by Crippen LogP contribution is 2.17. The van der Waals surface area contributed by atoms with Gasteiger partial charge in [0.25, 0.3) is 0 Å². The Morgan fingerprint density at radius 1 is 1.60 bits per heavy atom. The van der Waals surface area contributed by atoms with Gasteiger partial charge < -0.3 is 10.2 Å². The van der Waals surface area contributed by atoms with Crippen molar-refractivity contribution in [2.75, 3.05) is 11.9 Å². The normalized spacial score (nSPS) is 12.5. The van der Waals surface area contributed by atoms with E-state index in [0.29, 0.717) is 18.7 Å². The van der Waals surface area contributed by atoms with Crippen LogP contribution in [-0.2, 0) is 4.79 Å². The van der Waals surface area contributed by atoms with Crippen molar-refractivity contribution >= 4 is 11.8 Å². The van der Waals surface area contributed by atoms with Crippen LogP contribution in [0.3, 0.4) is 0 Å². The third-order valence-corrected chi connectivity index (χ3v) is 2.24. The predicted octanol–water partition coefficient (Wildman–Crippen LogP) is 1.68. The van der Waals surface area contributed by atoms with Crippen LogP contribution in [-0.4, -0.2) is 19.0 Å². The molecule has 0 saturated heterocycles. The highest BCUT2D eigenvalue weighted by molar-refractivity contribution is 5.91. The molecule has 0 bridgehead atoms. The maximum Gasteiger partial charge on any atom is 0.229 e. The fourth-order valence-corrected chi connectivity index (χ4v) is 1.24. The Kier molecular flexibility index (Phi) is 3.91. The first-order chi connectivity index (χ1) is 7.00. The summed E-state index contributed by atoms with van der Waals surface area (Å²) in [6.45, 7) is 3.74. The number of nitrogens with two attached hydrogens (primary N) is 1. The van der Waals surface area contributed by atoms with Crippen LogP contribution in [0.1, 0.15) is 25.5 Å². The van der Waals surface area contributed by atoms with Gasteiger partial charge in [0.15, 0.2) is 0 Å². The van der Waals surface area contributed by atoms with Gasteiger partial charge in [0, 0.05) is 25.6 Å². The molecule has 1 rings (SSSR count). The van der Waals surface area contributed by atoms with Gasteiger partial charge in [0.2, 0.25) is 11.8 Å². The molecule has 1 amide bonds. The molecule has 0 aliphatic carbocycles. The van der Waals surface area contributed by atoms with Gasteiger partial charge >= 0.3 is 0 Å². The van der Waals surface area contributed by atoms with Crippen LogP contribution in [0.25, 0.3) is 0 Å². The van der Waals surface area contributed by atoms with Crippen molar-refractivity contribution in [1.29, 1.82) is 0 Å². The average molecular weight is 210 g/mol. The molecule has 15 heavy (non-hydrogen) atoms. The first kappa shape index (κ1) is 11.8. The molecule has 0 aliphatic rings. The topological polar surface area (TPSA) is 59.5 Å². The lowest BCUT2D eigenvalue weighted by Crippen LogP contribution is -2.27. The van der Waals surface area contributed by atoms with Crippen molar-refractivity contribution in [3.8, 4) is 0 Å². The van der Waals surface area contributed by atoms with Gasteiger partial charge in [-0.15, -0.1) is 0 Å². The molecule has 4 heteroatoms. The highest BCUT2D eigenvalue weighted by atomic mass is 16.4. The van der Waals surface area contributed by atoms with E-state index >= 15 is 0 Å². The van der Waals surface area contributed by atoms with Crippen molar-refractivity contribution in [3.63, 3.8) is 0 Å². The maximum atomic E-state index is 11.7. The number of carbonyl (C=O) groups excluding carboxylic acids is 1. The first-order valence-electron chi connectivity index (χ1n) is 5.09. The minimum Gasteiger partial charge on any atom is -0.445 e. The molecule has 0 saturated carbocycles. The molecule has 0 radical (unpaired) electrons. The number of hydrogen-bond acceptors (Lipinski definition) is 3. The van der Waals surface area contributed by atoms with Crippen LogP contribution < -0.4 is 10.6 Å². The lowest BCUT2D eigenvalue weighted by molar-refractivity contribution is -0.118.